The third kappa shape index (κ3) is 3.98. The van der Waals surface area contributed by atoms with Gasteiger partial charge in [-0.3, -0.25) is 9.59 Å². The zero-order chi connectivity index (χ0) is 15.4. The van der Waals surface area contributed by atoms with Gasteiger partial charge in [-0.05, 0) is 24.3 Å². The molecule has 112 valence electrons. The van der Waals surface area contributed by atoms with E-state index >= 15 is 0 Å². The Morgan fingerprint density at radius 1 is 1.33 bits per heavy atom. The molecule has 1 aliphatic heterocycles. The Morgan fingerprint density at radius 3 is 2.62 bits per heavy atom. The van der Waals surface area contributed by atoms with Crippen LogP contribution in [0.1, 0.15) is 10.4 Å². The molecule has 0 aliphatic carbocycles. The Balaban J connectivity index is 1.90. The summed E-state index contributed by atoms with van der Waals surface area (Å²) in [5, 5.41) is 11.5. The first kappa shape index (κ1) is 15.8. The van der Waals surface area contributed by atoms with Gasteiger partial charge < -0.3 is 15.3 Å². The molecule has 1 atom stereocenters. The molecule has 1 heterocycles. The second-order valence-electron chi connectivity index (χ2n) is 4.41. The van der Waals surface area contributed by atoms with Crippen molar-refractivity contribution in [3.05, 3.63) is 34.3 Å². The van der Waals surface area contributed by atoms with Crippen molar-refractivity contribution in [1.82, 2.24) is 10.2 Å². The van der Waals surface area contributed by atoms with Crippen LogP contribution in [0.3, 0.4) is 0 Å². The maximum atomic E-state index is 12.0. The molecule has 1 aliphatic rings. The van der Waals surface area contributed by atoms with E-state index < -0.39 is 17.9 Å². The summed E-state index contributed by atoms with van der Waals surface area (Å²) >= 11 is 4.66. The normalized spacial score (nSPS) is 17.6. The molecule has 0 radical (unpaired) electrons. The second-order valence-corrected chi connectivity index (χ2v) is 6.32. The first-order chi connectivity index (χ1) is 9.99. The van der Waals surface area contributed by atoms with Crippen molar-refractivity contribution in [2.75, 3.05) is 18.2 Å². The highest BCUT2D eigenvalue weighted by Crippen LogP contribution is 2.20. The zero-order valence-corrected chi connectivity index (χ0v) is 13.3. The van der Waals surface area contributed by atoms with Gasteiger partial charge in [0.2, 0.25) is 5.91 Å². The Kier molecular flexibility index (Phi) is 5.24. The third-order valence-corrected chi connectivity index (χ3v) is 4.54. The van der Waals surface area contributed by atoms with Crippen molar-refractivity contribution < 1.29 is 19.5 Å². The maximum Gasteiger partial charge on any atom is 0.327 e. The van der Waals surface area contributed by atoms with Crippen LogP contribution in [-0.2, 0) is 9.59 Å². The molecule has 0 unspecified atom stereocenters. The fraction of sp³-hybridized carbons (Fsp3) is 0.308. The van der Waals surface area contributed by atoms with Crippen LogP contribution in [0.4, 0.5) is 0 Å². The molecule has 0 aromatic heterocycles. The Bertz CT molecular complexity index is 564. The molecule has 0 saturated carbocycles. The molecule has 1 fully saturated rings. The minimum Gasteiger partial charge on any atom is -0.480 e. The number of carboxylic acids is 1. The van der Waals surface area contributed by atoms with Gasteiger partial charge in [0.1, 0.15) is 6.04 Å². The average Bonchev–Trinajstić information content (AvgIpc) is 2.95. The first-order valence-corrected chi connectivity index (χ1v) is 8.07. The van der Waals surface area contributed by atoms with Gasteiger partial charge in [-0.2, -0.15) is 0 Å². The van der Waals surface area contributed by atoms with Crippen molar-refractivity contribution in [2.24, 2.45) is 0 Å². The molecule has 1 aromatic carbocycles. The largest absolute Gasteiger partial charge is 0.480 e. The van der Waals surface area contributed by atoms with Crippen LogP contribution in [0.15, 0.2) is 28.7 Å². The van der Waals surface area contributed by atoms with Crippen molar-refractivity contribution in [3.63, 3.8) is 0 Å². The number of nitrogens with one attached hydrogen (secondary N) is 1. The van der Waals surface area contributed by atoms with Gasteiger partial charge in [-0.25, -0.2) is 4.79 Å². The summed E-state index contributed by atoms with van der Waals surface area (Å²) in [4.78, 5) is 36.1. The van der Waals surface area contributed by atoms with Gasteiger partial charge in [0.15, 0.2) is 0 Å². The molecular formula is C13H13BrN2O4S. The topological polar surface area (TPSA) is 86.7 Å². The predicted molar refractivity (Wildman–Crippen MR) is 82.1 cm³/mol. The summed E-state index contributed by atoms with van der Waals surface area (Å²) < 4.78 is 0.855. The Morgan fingerprint density at radius 2 is 2.00 bits per heavy atom. The van der Waals surface area contributed by atoms with E-state index in [1.807, 2.05) is 0 Å². The van der Waals surface area contributed by atoms with Gasteiger partial charge in [-0.15, -0.1) is 11.8 Å². The van der Waals surface area contributed by atoms with E-state index in [9.17, 15) is 14.4 Å². The predicted octanol–water partition coefficient (Wildman–Crippen LogP) is 1.17. The van der Waals surface area contributed by atoms with Gasteiger partial charge in [0.05, 0.1) is 12.4 Å². The molecule has 21 heavy (non-hydrogen) atoms. The number of nitrogens with zero attached hydrogens (tertiary/aromatic N) is 1. The number of amides is 2. The number of thioether (sulfide) groups is 1. The van der Waals surface area contributed by atoms with Crippen molar-refractivity contribution in [1.29, 1.82) is 0 Å². The lowest BCUT2D eigenvalue weighted by Crippen LogP contribution is -2.46. The molecule has 6 nitrogen and oxygen atoms in total. The quantitative estimate of drug-likeness (QED) is 0.828. The van der Waals surface area contributed by atoms with Gasteiger partial charge in [-0.1, -0.05) is 15.9 Å². The van der Waals surface area contributed by atoms with E-state index in [2.05, 4.69) is 21.2 Å². The first-order valence-electron chi connectivity index (χ1n) is 6.13. The average molecular weight is 373 g/mol. The number of rotatable bonds is 4. The minimum absolute atomic E-state index is 0.209. The Labute approximate surface area is 134 Å². The highest BCUT2D eigenvalue weighted by Gasteiger charge is 2.34. The molecule has 1 aromatic rings. The van der Waals surface area contributed by atoms with Crippen LogP contribution in [0, 0.1) is 0 Å². The monoisotopic (exact) mass is 372 g/mol. The van der Waals surface area contributed by atoms with Crippen LogP contribution in [0.2, 0.25) is 0 Å². The van der Waals surface area contributed by atoms with Crippen LogP contribution in [0.25, 0.3) is 0 Å². The molecule has 2 N–H and O–H groups in total. The smallest absolute Gasteiger partial charge is 0.327 e. The van der Waals surface area contributed by atoms with Crippen LogP contribution in [0.5, 0.6) is 0 Å². The molecule has 0 spiro atoms. The summed E-state index contributed by atoms with van der Waals surface area (Å²) in [5.74, 6) is -1.06. The van der Waals surface area contributed by atoms with E-state index in [1.165, 1.54) is 16.7 Å². The van der Waals surface area contributed by atoms with Crippen LogP contribution < -0.4 is 5.32 Å². The SMILES string of the molecule is O=C(NCC(=O)N1CSC[C@H]1C(=O)O)c1ccc(Br)cc1. The van der Waals surface area contributed by atoms with Gasteiger partial charge >= 0.3 is 5.97 Å². The van der Waals surface area contributed by atoms with Crippen molar-refractivity contribution in [3.8, 4) is 0 Å². The summed E-state index contributed by atoms with van der Waals surface area (Å²) in [7, 11) is 0. The lowest BCUT2D eigenvalue weighted by Gasteiger charge is -2.20. The van der Waals surface area contributed by atoms with Gasteiger partial charge in [0.25, 0.3) is 5.91 Å². The third-order valence-electron chi connectivity index (χ3n) is 2.99. The van der Waals surface area contributed by atoms with Gasteiger partial charge in [0, 0.05) is 15.8 Å². The molecule has 1 saturated heterocycles. The number of hydrogen-bond acceptors (Lipinski definition) is 4. The summed E-state index contributed by atoms with van der Waals surface area (Å²) in [6.07, 6.45) is 0. The fourth-order valence-corrected chi connectivity index (χ4v) is 3.29. The number of benzene rings is 1. The second kappa shape index (κ2) is 6.95. The van der Waals surface area contributed by atoms with Crippen molar-refractivity contribution >= 4 is 45.5 Å². The fourth-order valence-electron chi connectivity index (χ4n) is 1.85. The van der Waals surface area contributed by atoms with E-state index in [-0.39, 0.29) is 12.5 Å². The van der Waals surface area contributed by atoms with E-state index in [4.69, 9.17) is 5.11 Å². The highest BCUT2D eigenvalue weighted by atomic mass is 79.9. The van der Waals surface area contributed by atoms with E-state index in [0.717, 1.165) is 4.47 Å². The number of carbonyl (C=O) groups is 3. The van der Waals surface area contributed by atoms with Crippen LogP contribution in [-0.4, -0.2) is 52.0 Å². The molecule has 0 bridgehead atoms. The van der Waals surface area contributed by atoms with Crippen molar-refractivity contribution in [2.45, 2.75) is 6.04 Å². The van der Waals surface area contributed by atoms with E-state index in [0.29, 0.717) is 17.2 Å². The lowest BCUT2D eigenvalue weighted by atomic mass is 10.2. The number of carbonyl (C=O) groups excluding carboxylic acids is 2. The standard InChI is InChI=1S/C13H13BrN2O4S/c14-9-3-1-8(2-4-9)12(18)15-5-11(17)16-7-21-6-10(16)13(19)20/h1-4,10H,5-7H2,(H,15,18)(H,19,20)/t10-/m0/s1. The number of carboxylic acid groups (broad SMARTS) is 1. The molecule has 2 rings (SSSR count). The zero-order valence-electron chi connectivity index (χ0n) is 10.9. The molecule has 8 heteroatoms. The number of aliphatic carboxylic acids is 1. The maximum absolute atomic E-state index is 12.0. The van der Waals surface area contributed by atoms with Crippen LogP contribution >= 0.6 is 27.7 Å². The minimum atomic E-state index is -1.02. The number of hydrogen-bond donors (Lipinski definition) is 2. The summed E-state index contributed by atoms with van der Waals surface area (Å²) in [6.45, 7) is -0.209. The summed E-state index contributed by atoms with van der Waals surface area (Å²) in [5.41, 5.74) is 0.441. The van der Waals surface area contributed by atoms with E-state index in [1.54, 1.807) is 24.3 Å². The summed E-state index contributed by atoms with van der Waals surface area (Å²) in [6, 6.07) is 5.92. The number of halogens is 1. The molecule has 2 amide bonds. The molecular weight excluding hydrogens is 360 g/mol. The Hall–Kier alpha value is -1.54. The lowest BCUT2D eigenvalue weighted by molar-refractivity contribution is -0.147. The highest BCUT2D eigenvalue weighted by molar-refractivity contribution is 9.10.